The molecule has 2 amide bonds. The van der Waals surface area contributed by atoms with Gasteiger partial charge in [-0.05, 0) is 30.2 Å². The molecule has 6 heteroatoms. The highest BCUT2D eigenvalue weighted by molar-refractivity contribution is 6.02. The summed E-state index contributed by atoms with van der Waals surface area (Å²) in [5, 5.41) is 0. The number of nitrogens with zero attached hydrogens (tertiary/aromatic N) is 1. The van der Waals surface area contributed by atoms with Crippen LogP contribution in [0.2, 0.25) is 0 Å². The van der Waals surface area contributed by atoms with E-state index in [0.717, 1.165) is 23.3 Å². The molecule has 0 radical (unpaired) electrons. The Morgan fingerprint density at radius 2 is 2.07 bits per heavy atom. The fourth-order valence-corrected chi connectivity index (χ4v) is 2.89. The predicted molar refractivity (Wildman–Crippen MR) is 103 cm³/mol. The van der Waals surface area contributed by atoms with Gasteiger partial charge in [-0.1, -0.05) is 43.7 Å². The zero-order valence-corrected chi connectivity index (χ0v) is 15.6. The second-order valence-electron chi connectivity index (χ2n) is 6.43. The SMILES string of the molecule is CCCCOc1ccc(/C=C/C(=O)N2C(=O)OC[C@H]2c2ccccc2)c(F)c1. The van der Waals surface area contributed by atoms with Crippen LogP contribution in [0, 0.1) is 5.82 Å². The van der Waals surface area contributed by atoms with E-state index >= 15 is 0 Å². The molecule has 146 valence electrons. The average molecular weight is 383 g/mol. The van der Waals surface area contributed by atoms with Crippen molar-refractivity contribution in [3.8, 4) is 5.75 Å². The van der Waals surface area contributed by atoms with Crippen LogP contribution >= 0.6 is 0 Å². The smallest absolute Gasteiger partial charge is 0.417 e. The molecule has 28 heavy (non-hydrogen) atoms. The summed E-state index contributed by atoms with van der Waals surface area (Å²) in [7, 11) is 0. The predicted octanol–water partition coefficient (Wildman–Crippen LogP) is 4.74. The molecular weight excluding hydrogens is 361 g/mol. The Morgan fingerprint density at radius 1 is 1.29 bits per heavy atom. The Balaban J connectivity index is 1.71. The van der Waals surface area contributed by atoms with Gasteiger partial charge in [0.15, 0.2) is 0 Å². The van der Waals surface area contributed by atoms with Gasteiger partial charge in [0.05, 0.1) is 6.61 Å². The number of hydrogen-bond donors (Lipinski definition) is 0. The molecule has 0 N–H and O–H groups in total. The maximum Gasteiger partial charge on any atom is 0.417 e. The van der Waals surface area contributed by atoms with E-state index in [0.29, 0.717) is 12.4 Å². The molecule has 0 aliphatic carbocycles. The Morgan fingerprint density at radius 3 is 2.79 bits per heavy atom. The topological polar surface area (TPSA) is 55.8 Å². The van der Waals surface area contributed by atoms with Crippen molar-refractivity contribution in [3.05, 3.63) is 71.6 Å². The molecule has 0 bridgehead atoms. The molecule has 1 atom stereocenters. The van der Waals surface area contributed by atoms with Gasteiger partial charge in [-0.25, -0.2) is 14.1 Å². The van der Waals surface area contributed by atoms with Crippen LogP contribution in [0.3, 0.4) is 0 Å². The van der Waals surface area contributed by atoms with E-state index in [-0.39, 0.29) is 12.2 Å². The minimum absolute atomic E-state index is 0.0978. The van der Waals surface area contributed by atoms with E-state index in [2.05, 4.69) is 0 Å². The number of hydrogen-bond acceptors (Lipinski definition) is 4. The summed E-state index contributed by atoms with van der Waals surface area (Å²) in [4.78, 5) is 25.6. The van der Waals surface area contributed by atoms with Gasteiger partial charge in [-0.3, -0.25) is 4.79 Å². The van der Waals surface area contributed by atoms with Gasteiger partial charge in [0.1, 0.15) is 24.2 Å². The fraction of sp³-hybridized carbons (Fsp3) is 0.273. The van der Waals surface area contributed by atoms with Crippen molar-refractivity contribution in [1.29, 1.82) is 0 Å². The molecule has 1 saturated heterocycles. The Kier molecular flexibility index (Phi) is 6.42. The quantitative estimate of drug-likeness (QED) is 0.512. The van der Waals surface area contributed by atoms with Crippen molar-refractivity contribution in [3.63, 3.8) is 0 Å². The van der Waals surface area contributed by atoms with Crippen molar-refractivity contribution in [2.45, 2.75) is 25.8 Å². The molecule has 1 aliphatic heterocycles. The number of cyclic esters (lactones) is 1. The molecule has 0 saturated carbocycles. The first-order chi connectivity index (χ1) is 13.6. The molecule has 1 fully saturated rings. The van der Waals surface area contributed by atoms with Gasteiger partial charge in [-0.15, -0.1) is 0 Å². The lowest BCUT2D eigenvalue weighted by molar-refractivity contribution is -0.124. The van der Waals surface area contributed by atoms with Gasteiger partial charge in [-0.2, -0.15) is 0 Å². The third kappa shape index (κ3) is 4.57. The van der Waals surface area contributed by atoms with Crippen molar-refractivity contribution in [2.24, 2.45) is 0 Å². The highest BCUT2D eigenvalue weighted by atomic mass is 19.1. The van der Waals surface area contributed by atoms with Crippen LogP contribution in [0.5, 0.6) is 5.75 Å². The number of carbonyl (C=O) groups excluding carboxylic acids is 2. The highest BCUT2D eigenvalue weighted by Crippen LogP contribution is 2.28. The third-order valence-electron chi connectivity index (χ3n) is 4.44. The van der Waals surface area contributed by atoms with Crippen molar-refractivity contribution >= 4 is 18.1 Å². The fourth-order valence-electron chi connectivity index (χ4n) is 2.89. The van der Waals surface area contributed by atoms with Crippen LogP contribution < -0.4 is 4.74 Å². The number of benzene rings is 2. The minimum atomic E-state index is -0.705. The molecule has 3 rings (SSSR count). The van der Waals surface area contributed by atoms with Crippen LogP contribution in [-0.2, 0) is 9.53 Å². The van der Waals surface area contributed by atoms with E-state index in [9.17, 15) is 14.0 Å². The zero-order chi connectivity index (χ0) is 19.9. The lowest BCUT2D eigenvalue weighted by Crippen LogP contribution is -2.32. The normalized spacial score (nSPS) is 16.4. The number of carbonyl (C=O) groups is 2. The molecule has 0 unspecified atom stereocenters. The lowest BCUT2D eigenvalue weighted by atomic mass is 10.1. The van der Waals surface area contributed by atoms with E-state index < -0.39 is 23.9 Å². The van der Waals surface area contributed by atoms with E-state index in [4.69, 9.17) is 9.47 Å². The van der Waals surface area contributed by atoms with Gasteiger partial charge >= 0.3 is 6.09 Å². The summed E-state index contributed by atoms with van der Waals surface area (Å²) >= 11 is 0. The first kappa shape index (κ1) is 19.6. The number of ether oxygens (including phenoxy) is 2. The van der Waals surface area contributed by atoms with Crippen LogP contribution in [0.4, 0.5) is 9.18 Å². The first-order valence-electron chi connectivity index (χ1n) is 9.25. The first-order valence-corrected chi connectivity index (χ1v) is 9.25. The Labute approximate surface area is 163 Å². The molecule has 0 spiro atoms. The summed E-state index contributed by atoms with van der Waals surface area (Å²) in [6.45, 7) is 2.68. The van der Waals surface area contributed by atoms with Gasteiger partial charge in [0, 0.05) is 17.7 Å². The van der Waals surface area contributed by atoms with E-state index in [1.807, 2.05) is 37.3 Å². The number of unbranched alkanes of at least 4 members (excludes halogenated alkanes) is 1. The second kappa shape index (κ2) is 9.17. The number of imide groups is 1. The Hall–Kier alpha value is -3.15. The number of amides is 2. The summed E-state index contributed by atoms with van der Waals surface area (Å²) in [6, 6.07) is 13.2. The van der Waals surface area contributed by atoms with E-state index in [1.54, 1.807) is 6.07 Å². The van der Waals surface area contributed by atoms with Gasteiger partial charge in [0.2, 0.25) is 0 Å². The molecule has 1 heterocycles. The largest absolute Gasteiger partial charge is 0.493 e. The minimum Gasteiger partial charge on any atom is -0.493 e. The average Bonchev–Trinajstić information content (AvgIpc) is 3.09. The third-order valence-corrected chi connectivity index (χ3v) is 4.44. The lowest BCUT2D eigenvalue weighted by Gasteiger charge is -2.18. The molecule has 1 aliphatic rings. The van der Waals surface area contributed by atoms with Crippen LogP contribution in [0.25, 0.3) is 6.08 Å². The summed E-state index contributed by atoms with van der Waals surface area (Å²) in [5.74, 6) is -0.609. The second-order valence-corrected chi connectivity index (χ2v) is 6.43. The number of halogens is 1. The molecular formula is C22H22FNO4. The van der Waals surface area contributed by atoms with E-state index in [1.165, 1.54) is 24.3 Å². The summed E-state index contributed by atoms with van der Waals surface area (Å²) < 4.78 is 24.8. The molecule has 2 aromatic rings. The van der Waals surface area contributed by atoms with Gasteiger partial charge < -0.3 is 9.47 Å². The molecule has 0 aromatic heterocycles. The summed E-state index contributed by atoms with van der Waals surface area (Å²) in [6.07, 6.45) is 3.71. The Bertz CT molecular complexity index is 866. The standard InChI is InChI=1S/C22H22FNO4/c1-2-3-13-27-18-11-9-16(19(23)14-18)10-12-21(25)24-20(15-28-22(24)26)17-7-5-4-6-8-17/h4-12,14,20H,2-3,13,15H2,1H3/b12-10+/t20-/m0/s1. The van der Waals surface area contributed by atoms with Crippen LogP contribution in [-0.4, -0.2) is 30.1 Å². The van der Waals surface area contributed by atoms with Crippen molar-refractivity contribution in [2.75, 3.05) is 13.2 Å². The molecule has 2 aromatic carbocycles. The van der Waals surface area contributed by atoms with Gasteiger partial charge in [0.25, 0.3) is 5.91 Å². The maximum absolute atomic E-state index is 14.3. The monoisotopic (exact) mass is 383 g/mol. The van der Waals surface area contributed by atoms with Crippen LogP contribution in [0.1, 0.15) is 36.9 Å². The number of rotatable bonds is 7. The van der Waals surface area contributed by atoms with Crippen molar-refractivity contribution < 1.29 is 23.5 Å². The van der Waals surface area contributed by atoms with Crippen LogP contribution in [0.15, 0.2) is 54.6 Å². The zero-order valence-electron chi connectivity index (χ0n) is 15.6. The molecule has 5 nitrogen and oxygen atoms in total. The van der Waals surface area contributed by atoms with Crippen molar-refractivity contribution in [1.82, 2.24) is 4.90 Å². The summed E-state index contributed by atoms with van der Waals surface area (Å²) in [5.41, 5.74) is 1.04. The maximum atomic E-state index is 14.3. The highest BCUT2D eigenvalue weighted by Gasteiger charge is 2.37.